The summed E-state index contributed by atoms with van der Waals surface area (Å²) in [5.41, 5.74) is 13.6. The van der Waals surface area contributed by atoms with Crippen molar-refractivity contribution in [3.8, 4) is 50.6 Å². The summed E-state index contributed by atoms with van der Waals surface area (Å²) in [6.07, 6.45) is 4.14. The van der Waals surface area contributed by atoms with Gasteiger partial charge < -0.3 is 4.57 Å². The van der Waals surface area contributed by atoms with Gasteiger partial charge in [-0.05, 0) is 69.1 Å². The van der Waals surface area contributed by atoms with Gasteiger partial charge in [0.15, 0.2) is 17.4 Å². The summed E-state index contributed by atoms with van der Waals surface area (Å²) >= 11 is 0. The van der Waals surface area contributed by atoms with Crippen LogP contribution in [0.2, 0.25) is 13.1 Å². The summed E-state index contributed by atoms with van der Waals surface area (Å²) in [5.74, 6) is 0.859. The third-order valence-electron chi connectivity index (χ3n) is 12.1. The second-order valence-corrected chi connectivity index (χ2v) is 20.4. The van der Waals surface area contributed by atoms with E-state index in [1.807, 2.05) is 6.20 Å². The topological polar surface area (TPSA) is 27.7 Å². The van der Waals surface area contributed by atoms with Crippen LogP contribution >= 0.6 is 0 Å². The molecule has 0 amide bonds. The molecule has 0 aliphatic carbocycles. The summed E-state index contributed by atoms with van der Waals surface area (Å²) < 4.78 is 6.83. The van der Waals surface area contributed by atoms with E-state index < -0.39 is 8.07 Å². The maximum Gasteiger partial charge on any atom is 0.168 e. The van der Waals surface area contributed by atoms with Gasteiger partial charge in [-0.25, -0.2) is 9.55 Å². The molecule has 11 rings (SSSR count). The maximum absolute atomic E-state index is 5.10. The molecule has 4 nitrogen and oxygen atoms in total. The van der Waals surface area contributed by atoms with Crippen molar-refractivity contribution < 1.29 is 21.1 Å². The minimum Gasteiger partial charge on any atom is -0.319 e. The average Bonchev–Trinajstić information content (AvgIpc) is 3.88. The van der Waals surface area contributed by atoms with Crippen LogP contribution in [0.25, 0.3) is 83.4 Å². The Labute approximate surface area is 377 Å². The van der Waals surface area contributed by atoms with Gasteiger partial charge in [-0.2, -0.15) is 45.3 Å². The second-order valence-electron chi connectivity index (χ2n) is 16.1. The summed E-state index contributed by atoms with van der Waals surface area (Å²) in [6.45, 7) is 4.82. The van der Waals surface area contributed by atoms with Gasteiger partial charge in [-0.15, -0.1) is 17.5 Å². The monoisotopic (exact) mass is 992 g/mol. The normalized spacial score (nSPS) is 11.6. The smallest absolute Gasteiger partial charge is 0.168 e. The van der Waals surface area contributed by atoms with Crippen LogP contribution in [0.4, 0.5) is 0 Å². The van der Waals surface area contributed by atoms with Crippen LogP contribution in [0.5, 0.6) is 0 Å². The number of para-hydroxylation sites is 4. The Bertz CT molecular complexity index is 3330. The van der Waals surface area contributed by atoms with Gasteiger partial charge in [0, 0.05) is 50.6 Å². The van der Waals surface area contributed by atoms with Crippen LogP contribution in [0, 0.1) is 12.1 Å². The molecule has 0 fully saturated rings. The molecule has 8 aromatic carbocycles. The number of benzene rings is 8. The summed E-state index contributed by atoms with van der Waals surface area (Å²) in [7, 11) is -2.35. The van der Waals surface area contributed by atoms with E-state index in [1.54, 1.807) is 0 Å². The summed E-state index contributed by atoms with van der Waals surface area (Å²) in [4.78, 5) is 5.10. The van der Waals surface area contributed by atoms with Gasteiger partial charge in [0.1, 0.15) is 11.5 Å². The molecule has 0 unspecified atom stereocenters. The van der Waals surface area contributed by atoms with Gasteiger partial charge >= 0.3 is 0 Å². The van der Waals surface area contributed by atoms with Crippen molar-refractivity contribution in [2.75, 3.05) is 0 Å². The zero-order valence-corrected chi connectivity index (χ0v) is 37.6. The molecular weight excluding hydrogens is 952 g/mol. The second kappa shape index (κ2) is 16.2. The molecule has 0 bridgehead atoms. The number of rotatable bonds is 8. The fraction of sp³-hybridized carbons (Fsp3) is 0.0357. The first-order valence-corrected chi connectivity index (χ1v) is 23.8. The zero-order valence-electron chi connectivity index (χ0n) is 34.3. The molecule has 0 radical (unpaired) electrons. The number of nitrogens with zero attached hydrogens (tertiary/aromatic N) is 4. The molecule has 3 aromatic heterocycles. The van der Waals surface area contributed by atoms with Crippen LogP contribution in [-0.2, 0) is 21.1 Å². The first-order chi connectivity index (χ1) is 30.0. The third-order valence-corrected chi connectivity index (χ3v) is 15.4. The van der Waals surface area contributed by atoms with E-state index in [-0.39, 0.29) is 21.1 Å². The van der Waals surface area contributed by atoms with E-state index in [0.29, 0.717) is 0 Å². The molecule has 0 atom stereocenters. The Balaban J connectivity index is 0.00000458. The van der Waals surface area contributed by atoms with Crippen LogP contribution in [0.1, 0.15) is 0 Å². The fourth-order valence-corrected chi connectivity index (χ4v) is 11.2. The Morgan fingerprint density at radius 3 is 1.76 bits per heavy atom. The van der Waals surface area contributed by atoms with Gasteiger partial charge in [0.05, 0.1) is 8.07 Å². The molecule has 0 aliphatic heterocycles. The van der Waals surface area contributed by atoms with Gasteiger partial charge in [0.25, 0.3) is 0 Å². The molecule has 6 heteroatoms. The molecule has 0 saturated carbocycles. The number of fused-ring (bicyclic) bond motifs is 4. The van der Waals surface area contributed by atoms with E-state index in [1.165, 1.54) is 43.6 Å². The number of imidazole rings is 1. The van der Waals surface area contributed by atoms with Crippen LogP contribution in [-0.4, -0.2) is 26.8 Å². The van der Waals surface area contributed by atoms with Crippen molar-refractivity contribution in [3.05, 3.63) is 225 Å². The first-order valence-electron chi connectivity index (χ1n) is 20.8. The van der Waals surface area contributed by atoms with Gasteiger partial charge in [0.2, 0.25) is 0 Å². The van der Waals surface area contributed by atoms with Crippen molar-refractivity contribution in [1.29, 1.82) is 0 Å². The van der Waals surface area contributed by atoms with Crippen molar-refractivity contribution in [1.82, 2.24) is 18.7 Å². The predicted octanol–water partition coefficient (Wildman–Crippen LogP) is 12.6. The molecule has 0 spiro atoms. The quantitative estimate of drug-likeness (QED) is 0.110. The average molecular weight is 993 g/mol. The van der Waals surface area contributed by atoms with E-state index >= 15 is 0 Å². The first kappa shape index (κ1) is 39.2. The standard InChI is InChI=1S/C56H41N4Si.Pt/c1-61(2,45-25-16-24-44(37-45)59-39-58(43-22-10-5-11-23-43)52-30-14-15-31-53(52)59)46-32-33-50-49-26-12-13-29-51(49)60(54(50)38-46)55-36-42(34-35-57-55)56-47(40-18-6-3-7-19-40)27-17-28-48(56)41-20-8-4-9-21-41;/h3-36,39H,1-2H3;/q-1;. The Morgan fingerprint density at radius 2 is 1.06 bits per heavy atom. The van der Waals surface area contributed by atoms with E-state index in [9.17, 15) is 0 Å². The van der Waals surface area contributed by atoms with Crippen molar-refractivity contribution in [3.63, 3.8) is 0 Å². The molecule has 0 saturated heterocycles. The van der Waals surface area contributed by atoms with Crippen molar-refractivity contribution in [2.45, 2.75) is 13.1 Å². The molecule has 0 N–H and O–H groups in total. The van der Waals surface area contributed by atoms with E-state index in [2.05, 4.69) is 245 Å². The molecule has 0 aliphatic rings. The van der Waals surface area contributed by atoms with E-state index in [0.717, 1.165) is 50.2 Å². The largest absolute Gasteiger partial charge is 0.319 e. The molecular formula is C56H41N4PtSi-. The van der Waals surface area contributed by atoms with Crippen LogP contribution < -0.4 is 10.4 Å². The van der Waals surface area contributed by atoms with E-state index in [4.69, 9.17) is 4.98 Å². The van der Waals surface area contributed by atoms with Crippen LogP contribution in [0.3, 0.4) is 0 Å². The number of pyridine rings is 1. The molecule has 3 heterocycles. The van der Waals surface area contributed by atoms with Crippen molar-refractivity contribution in [2.24, 2.45) is 0 Å². The molecule has 11 aromatic rings. The minimum atomic E-state index is -2.35. The van der Waals surface area contributed by atoms with Gasteiger partial charge in [-0.3, -0.25) is 0 Å². The minimum absolute atomic E-state index is 0. The van der Waals surface area contributed by atoms with Crippen LogP contribution in [0.15, 0.2) is 213 Å². The summed E-state index contributed by atoms with van der Waals surface area (Å²) in [6, 6.07) is 79.3. The number of hydrogen-bond acceptors (Lipinski definition) is 1. The molecule has 300 valence electrons. The Hall–Kier alpha value is -6.91. The maximum atomic E-state index is 5.10. The number of aromatic nitrogens is 4. The summed E-state index contributed by atoms with van der Waals surface area (Å²) in [5, 5.41) is 4.78. The van der Waals surface area contributed by atoms with Gasteiger partial charge in [-0.1, -0.05) is 146 Å². The molecule has 62 heavy (non-hydrogen) atoms. The predicted molar refractivity (Wildman–Crippen MR) is 256 cm³/mol. The SMILES string of the molecule is C[Si](C)(c1[c-]c(-n2[cH+]n(-c3ccccc3)c3ccccc32)ccc1)c1[c-]c2c(cc1)c1ccccc1n2-c1cc(-c2c(-c3ccccc3)cccc2-c2ccccc2)ccn1.[Pt]. The Morgan fingerprint density at radius 1 is 0.484 bits per heavy atom. The van der Waals surface area contributed by atoms with Crippen molar-refractivity contribution >= 4 is 51.3 Å². The zero-order chi connectivity index (χ0) is 40.9. The number of hydrogen-bond donors (Lipinski definition) is 0. The third kappa shape index (κ3) is 6.75. The Kier molecular flexibility index (Phi) is 10.2. The fourth-order valence-electron chi connectivity index (χ4n) is 8.98.